The molecule has 0 aliphatic rings. The Labute approximate surface area is 118 Å². The molecule has 0 spiro atoms. The number of rotatable bonds is 9. The van der Waals surface area contributed by atoms with E-state index in [0.717, 1.165) is 0 Å². The van der Waals surface area contributed by atoms with E-state index in [1.54, 1.807) is 12.3 Å². The van der Waals surface area contributed by atoms with Gasteiger partial charge in [0.1, 0.15) is 5.60 Å². The summed E-state index contributed by atoms with van der Waals surface area (Å²) < 4.78 is 15.8. The standard InChI is InChI=1S/C12H24N2O6/c1-4-18-8-6-12(3,7-9-19-5-2)20-11(17)14-13-10(15)16/h13H,4-9H2,1-3H3,(H,14,17)(H,15,16). The van der Waals surface area contributed by atoms with E-state index in [2.05, 4.69) is 0 Å². The summed E-state index contributed by atoms with van der Waals surface area (Å²) in [4.78, 5) is 21.8. The largest absolute Gasteiger partial charge is 0.464 e. The Morgan fingerprint density at radius 2 is 1.55 bits per heavy atom. The van der Waals surface area contributed by atoms with E-state index in [1.807, 2.05) is 19.3 Å². The van der Waals surface area contributed by atoms with Crippen molar-refractivity contribution >= 4 is 12.2 Å². The minimum Gasteiger partial charge on any atom is -0.464 e. The van der Waals surface area contributed by atoms with Crippen LogP contribution in [0.4, 0.5) is 9.59 Å². The SMILES string of the molecule is CCOCCC(C)(CCOCC)OC(=O)NNC(=O)O. The molecule has 2 amide bonds. The van der Waals surface area contributed by atoms with Crippen molar-refractivity contribution in [1.29, 1.82) is 0 Å². The van der Waals surface area contributed by atoms with E-state index in [0.29, 0.717) is 39.3 Å². The first-order valence-corrected chi connectivity index (χ1v) is 6.57. The maximum absolute atomic E-state index is 11.5. The molecule has 8 heteroatoms. The molecule has 0 aliphatic carbocycles. The highest BCUT2D eigenvalue weighted by atomic mass is 16.6. The molecule has 0 saturated carbocycles. The molecule has 20 heavy (non-hydrogen) atoms. The lowest BCUT2D eigenvalue weighted by Gasteiger charge is -2.29. The van der Waals surface area contributed by atoms with Gasteiger partial charge in [-0.1, -0.05) is 0 Å². The van der Waals surface area contributed by atoms with Crippen LogP contribution in [-0.4, -0.2) is 49.3 Å². The van der Waals surface area contributed by atoms with Gasteiger partial charge in [0.25, 0.3) is 0 Å². The van der Waals surface area contributed by atoms with E-state index in [9.17, 15) is 9.59 Å². The van der Waals surface area contributed by atoms with Crippen molar-refractivity contribution < 1.29 is 28.9 Å². The minimum atomic E-state index is -1.37. The molecule has 0 aromatic carbocycles. The molecule has 0 aromatic rings. The van der Waals surface area contributed by atoms with Gasteiger partial charge in [-0.15, -0.1) is 0 Å². The number of hydrogen-bond acceptors (Lipinski definition) is 5. The lowest BCUT2D eigenvalue weighted by Crippen LogP contribution is -2.45. The Morgan fingerprint density at radius 3 is 1.95 bits per heavy atom. The summed E-state index contributed by atoms with van der Waals surface area (Å²) in [7, 11) is 0. The maximum atomic E-state index is 11.5. The van der Waals surface area contributed by atoms with Crippen LogP contribution < -0.4 is 10.9 Å². The number of hydrazine groups is 1. The van der Waals surface area contributed by atoms with Crippen LogP contribution in [0.2, 0.25) is 0 Å². The fourth-order valence-corrected chi connectivity index (χ4v) is 1.45. The first-order chi connectivity index (χ1) is 9.43. The molecule has 0 aromatic heterocycles. The molecule has 0 saturated heterocycles. The number of carboxylic acid groups (broad SMARTS) is 1. The van der Waals surface area contributed by atoms with Gasteiger partial charge in [-0.05, 0) is 20.8 Å². The van der Waals surface area contributed by atoms with Gasteiger partial charge < -0.3 is 19.3 Å². The maximum Gasteiger partial charge on any atom is 0.426 e. The van der Waals surface area contributed by atoms with Crippen LogP contribution in [0.3, 0.4) is 0 Å². The Kier molecular flexibility index (Phi) is 9.48. The third-order valence-corrected chi connectivity index (χ3v) is 2.57. The van der Waals surface area contributed by atoms with Crippen LogP contribution in [0.5, 0.6) is 0 Å². The average Bonchev–Trinajstić information content (AvgIpc) is 2.37. The van der Waals surface area contributed by atoms with E-state index >= 15 is 0 Å². The molecule has 3 N–H and O–H groups in total. The van der Waals surface area contributed by atoms with E-state index in [-0.39, 0.29) is 0 Å². The zero-order chi connectivity index (χ0) is 15.4. The quantitative estimate of drug-likeness (QED) is 0.439. The van der Waals surface area contributed by atoms with E-state index in [4.69, 9.17) is 19.3 Å². The third kappa shape index (κ3) is 9.40. The van der Waals surface area contributed by atoms with Crippen LogP contribution in [0.25, 0.3) is 0 Å². The van der Waals surface area contributed by atoms with E-state index < -0.39 is 17.8 Å². The molecule has 0 rings (SSSR count). The molecule has 0 unspecified atom stereocenters. The van der Waals surface area contributed by atoms with Crippen molar-refractivity contribution in [2.75, 3.05) is 26.4 Å². The van der Waals surface area contributed by atoms with Crippen molar-refractivity contribution in [1.82, 2.24) is 10.9 Å². The number of carbonyl (C=O) groups is 2. The summed E-state index contributed by atoms with van der Waals surface area (Å²) in [5.74, 6) is 0. The van der Waals surface area contributed by atoms with Gasteiger partial charge in [0.2, 0.25) is 0 Å². The van der Waals surface area contributed by atoms with Crippen LogP contribution in [-0.2, 0) is 14.2 Å². The van der Waals surface area contributed by atoms with Crippen LogP contribution in [0.15, 0.2) is 0 Å². The average molecular weight is 292 g/mol. The predicted octanol–water partition coefficient (Wildman–Crippen LogP) is 1.51. The fraction of sp³-hybridized carbons (Fsp3) is 0.833. The lowest BCUT2D eigenvalue weighted by atomic mass is 9.99. The highest BCUT2D eigenvalue weighted by molar-refractivity contribution is 5.72. The van der Waals surface area contributed by atoms with Crippen molar-refractivity contribution in [2.24, 2.45) is 0 Å². The summed E-state index contributed by atoms with van der Waals surface area (Å²) in [6.45, 7) is 7.55. The van der Waals surface area contributed by atoms with Gasteiger partial charge in [-0.2, -0.15) is 0 Å². The summed E-state index contributed by atoms with van der Waals surface area (Å²) in [5.41, 5.74) is 2.88. The molecule has 0 heterocycles. The second-order valence-electron chi connectivity index (χ2n) is 4.29. The molecule has 118 valence electrons. The van der Waals surface area contributed by atoms with Crippen molar-refractivity contribution in [2.45, 2.75) is 39.2 Å². The van der Waals surface area contributed by atoms with Gasteiger partial charge in [0, 0.05) is 26.1 Å². The minimum absolute atomic E-state index is 0.443. The molecule has 0 aliphatic heterocycles. The van der Waals surface area contributed by atoms with Gasteiger partial charge in [-0.3, -0.25) is 0 Å². The number of ether oxygens (including phenoxy) is 3. The van der Waals surface area contributed by atoms with Gasteiger partial charge in [0.05, 0.1) is 13.2 Å². The second kappa shape index (κ2) is 10.3. The predicted molar refractivity (Wildman–Crippen MR) is 71.4 cm³/mol. The van der Waals surface area contributed by atoms with Crippen molar-refractivity contribution in [3.63, 3.8) is 0 Å². The molecular weight excluding hydrogens is 268 g/mol. The Hall–Kier alpha value is -1.54. The smallest absolute Gasteiger partial charge is 0.426 e. The molecule has 0 atom stereocenters. The fourth-order valence-electron chi connectivity index (χ4n) is 1.45. The number of carbonyl (C=O) groups excluding carboxylic acids is 1. The third-order valence-electron chi connectivity index (χ3n) is 2.57. The van der Waals surface area contributed by atoms with Gasteiger partial charge in [-0.25, -0.2) is 20.4 Å². The molecule has 8 nitrogen and oxygen atoms in total. The molecular formula is C12H24N2O6. The second-order valence-corrected chi connectivity index (χ2v) is 4.29. The topological polar surface area (TPSA) is 106 Å². The molecule has 0 fully saturated rings. The number of nitrogens with one attached hydrogen (secondary N) is 2. The lowest BCUT2D eigenvalue weighted by molar-refractivity contribution is -0.0265. The highest BCUT2D eigenvalue weighted by Gasteiger charge is 2.28. The van der Waals surface area contributed by atoms with Crippen LogP contribution in [0, 0.1) is 0 Å². The van der Waals surface area contributed by atoms with Crippen molar-refractivity contribution in [3.05, 3.63) is 0 Å². The summed E-state index contributed by atoms with van der Waals surface area (Å²) >= 11 is 0. The Bertz CT molecular complexity index is 288. The van der Waals surface area contributed by atoms with E-state index in [1.165, 1.54) is 0 Å². The number of amides is 2. The summed E-state index contributed by atoms with van der Waals surface area (Å²) in [6.07, 6.45) is -1.24. The molecule has 0 radical (unpaired) electrons. The summed E-state index contributed by atoms with van der Waals surface area (Å²) in [6, 6.07) is 0. The monoisotopic (exact) mass is 292 g/mol. The van der Waals surface area contributed by atoms with Gasteiger partial charge in [0.15, 0.2) is 0 Å². The first-order valence-electron chi connectivity index (χ1n) is 6.57. The zero-order valence-corrected chi connectivity index (χ0v) is 12.2. The molecule has 0 bridgehead atoms. The van der Waals surface area contributed by atoms with Crippen LogP contribution >= 0.6 is 0 Å². The highest BCUT2D eigenvalue weighted by Crippen LogP contribution is 2.20. The number of hydrogen-bond donors (Lipinski definition) is 3. The Morgan fingerprint density at radius 1 is 1.05 bits per heavy atom. The van der Waals surface area contributed by atoms with Crippen molar-refractivity contribution in [3.8, 4) is 0 Å². The van der Waals surface area contributed by atoms with Gasteiger partial charge >= 0.3 is 12.2 Å². The first kappa shape index (κ1) is 18.5. The normalized spacial score (nSPS) is 10.9. The summed E-state index contributed by atoms with van der Waals surface area (Å²) in [5, 5.41) is 8.39. The van der Waals surface area contributed by atoms with Crippen LogP contribution in [0.1, 0.15) is 33.6 Å². The Balaban J connectivity index is 4.33. The zero-order valence-electron chi connectivity index (χ0n) is 12.2.